The molecule has 0 spiro atoms. The quantitative estimate of drug-likeness (QED) is 0.437. The van der Waals surface area contributed by atoms with Crippen LogP contribution in [0.15, 0.2) is 47.6 Å². The Balaban J connectivity index is 1.73. The number of amides is 2. The summed E-state index contributed by atoms with van der Waals surface area (Å²) in [6.07, 6.45) is -1.23. The van der Waals surface area contributed by atoms with Crippen molar-refractivity contribution in [3.63, 3.8) is 0 Å². The number of anilines is 1. The maximum absolute atomic E-state index is 13.1. The maximum atomic E-state index is 13.1. The summed E-state index contributed by atoms with van der Waals surface area (Å²) in [5.74, 6) is -2.46. The molecular weight excluding hydrogens is 384 g/mol. The molecule has 0 N–H and O–H groups in total. The van der Waals surface area contributed by atoms with Crippen molar-refractivity contribution >= 4 is 34.6 Å². The monoisotopic (exact) mass is 396 g/mol. The van der Waals surface area contributed by atoms with Gasteiger partial charge >= 0.3 is 0 Å². The smallest absolute Gasteiger partial charge is 0.278 e. The molecule has 0 unspecified atom stereocenters. The van der Waals surface area contributed by atoms with Crippen molar-refractivity contribution in [2.24, 2.45) is 11.1 Å². The van der Waals surface area contributed by atoms with E-state index in [0.717, 1.165) is 11.0 Å². The van der Waals surface area contributed by atoms with E-state index in [0.29, 0.717) is 5.56 Å². The third-order valence-corrected chi connectivity index (χ3v) is 4.81. The zero-order valence-corrected chi connectivity index (χ0v) is 14.8. The highest BCUT2D eigenvalue weighted by Gasteiger charge is 2.56. The highest BCUT2D eigenvalue weighted by molar-refractivity contribution is 6.32. The van der Waals surface area contributed by atoms with E-state index in [4.69, 9.17) is 4.84 Å². The average Bonchev–Trinajstić information content (AvgIpc) is 3.23. The number of carbonyl (C=O) groups is 2. The zero-order chi connectivity index (χ0) is 20.9. The van der Waals surface area contributed by atoms with Crippen molar-refractivity contribution < 1.29 is 24.3 Å². The zero-order valence-electron chi connectivity index (χ0n) is 14.8. The number of fused-ring (bicyclic) bond motifs is 1. The van der Waals surface area contributed by atoms with Crippen LogP contribution in [0.3, 0.4) is 0 Å². The third kappa shape index (κ3) is 2.79. The molecule has 146 valence electrons. The molecule has 0 radical (unpaired) electrons. The average molecular weight is 396 g/mol. The normalized spacial score (nSPS) is 20.3. The fourth-order valence-corrected chi connectivity index (χ4v) is 3.38. The second kappa shape index (κ2) is 6.48. The molecule has 2 aliphatic rings. The summed E-state index contributed by atoms with van der Waals surface area (Å²) in [5, 5.41) is 25.9. The van der Waals surface area contributed by atoms with Gasteiger partial charge in [0.2, 0.25) is 12.0 Å². The predicted molar refractivity (Wildman–Crippen MR) is 98.3 cm³/mol. The lowest BCUT2D eigenvalue weighted by molar-refractivity contribution is -0.385. The molecule has 1 saturated heterocycles. The molecule has 29 heavy (non-hydrogen) atoms. The van der Waals surface area contributed by atoms with E-state index in [9.17, 15) is 29.8 Å². The molecule has 0 bridgehead atoms. The third-order valence-electron chi connectivity index (χ3n) is 4.81. The Labute approximate surface area is 162 Å². The van der Waals surface area contributed by atoms with Crippen molar-refractivity contribution in [3.8, 4) is 0 Å². The van der Waals surface area contributed by atoms with E-state index in [1.807, 2.05) is 0 Å². The Bertz CT molecular complexity index is 1130. The van der Waals surface area contributed by atoms with Gasteiger partial charge in [-0.3, -0.25) is 29.8 Å². The number of hydrogen-bond donors (Lipinski definition) is 0. The number of aryl methyl sites for hydroxylation is 1. The van der Waals surface area contributed by atoms with Crippen LogP contribution in [-0.4, -0.2) is 33.5 Å². The molecule has 0 aliphatic carbocycles. The fourth-order valence-electron chi connectivity index (χ4n) is 3.38. The van der Waals surface area contributed by atoms with Gasteiger partial charge in [0, 0.05) is 29.8 Å². The molecule has 2 aromatic rings. The molecule has 2 aliphatic heterocycles. The van der Waals surface area contributed by atoms with Crippen molar-refractivity contribution in [2.75, 3.05) is 4.90 Å². The number of imide groups is 1. The van der Waals surface area contributed by atoms with Crippen LogP contribution in [0.5, 0.6) is 0 Å². The van der Waals surface area contributed by atoms with Crippen LogP contribution < -0.4 is 4.90 Å². The lowest BCUT2D eigenvalue weighted by atomic mass is 9.94. The summed E-state index contributed by atoms with van der Waals surface area (Å²) in [7, 11) is 0. The van der Waals surface area contributed by atoms with Crippen LogP contribution in [0.4, 0.5) is 17.1 Å². The van der Waals surface area contributed by atoms with E-state index in [2.05, 4.69) is 5.16 Å². The summed E-state index contributed by atoms with van der Waals surface area (Å²) in [6.45, 7) is 1.62. The van der Waals surface area contributed by atoms with Gasteiger partial charge in [-0.25, -0.2) is 4.90 Å². The first kappa shape index (κ1) is 18.2. The van der Waals surface area contributed by atoms with Crippen LogP contribution in [-0.2, 0) is 14.4 Å². The van der Waals surface area contributed by atoms with Gasteiger partial charge in [-0.1, -0.05) is 23.4 Å². The van der Waals surface area contributed by atoms with Gasteiger partial charge in [0.05, 0.1) is 15.5 Å². The van der Waals surface area contributed by atoms with Crippen LogP contribution in [0.2, 0.25) is 0 Å². The summed E-state index contributed by atoms with van der Waals surface area (Å²) < 4.78 is 0. The van der Waals surface area contributed by atoms with Gasteiger partial charge < -0.3 is 4.84 Å². The van der Waals surface area contributed by atoms with Crippen molar-refractivity contribution in [1.82, 2.24) is 0 Å². The number of non-ortho nitro benzene ring substituents is 2. The molecule has 11 heteroatoms. The second-order valence-electron chi connectivity index (χ2n) is 6.53. The van der Waals surface area contributed by atoms with Crippen molar-refractivity contribution in [3.05, 3.63) is 73.8 Å². The minimum absolute atomic E-state index is 0.0885. The first-order valence-corrected chi connectivity index (χ1v) is 8.41. The molecule has 11 nitrogen and oxygen atoms in total. The number of carbonyl (C=O) groups excluding carboxylic acids is 2. The Hall–Kier alpha value is -4.15. The SMILES string of the molecule is Cc1ccc([N+](=O)[O-])cc1N1C(=O)[C@@H]2C(c3cccc([N+](=O)[O-])c3)=NO[C@@H]2C1=O. The highest BCUT2D eigenvalue weighted by Crippen LogP contribution is 2.37. The summed E-state index contributed by atoms with van der Waals surface area (Å²) in [4.78, 5) is 52.8. The van der Waals surface area contributed by atoms with Gasteiger partial charge in [0.1, 0.15) is 11.6 Å². The number of nitro benzene ring substituents is 2. The summed E-state index contributed by atoms with van der Waals surface area (Å²) in [5.41, 5.74) is 0.498. The number of hydrogen-bond acceptors (Lipinski definition) is 8. The highest BCUT2D eigenvalue weighted by atomic mass is 16.7. The Morgan fingerprint density at radius 2 is 1.69 bits per heavy atom. The van der Waals surface area contributed by atoms with Gasteiger partial charge in [0.25, 0.3) is 17.3 Å². The molecule has 2 amide bonds. The Morgan fingerprint density at radius 1 is 1.00 bits per heavy atom. The minimum Gasteiger partial charge on any atom is -0.381 e. The topological polar surface area (TPSA) is 145 Å². The van der Waals surface area contributed by atoms with Crippen molar-refractivity contribution in [1.29, 1.82) is 0 Å². The largest absolute Gasteiger partial charge is 0.381 e. The van der Waals surface area contributed by atoms with Crippen LogP contribution in [0.25, 0.3) is 0 Å². The number of oxime groups is 1. The van der Waals surface area contributed by atoms with Crippen LogP contribution >= 0.6 is 0 Å². The van der Waals surface area contributed by atoms with Crippen molar-refractivity contribution in [2.45, 2.75) is 13.0 Å². The lowest BCUT2D eigenvalue weighted by Gasteiger charge is -2.17. The maximum Gasteiger partial charge on any atom is 0.278 e. The molecule has 1 fully saturated rings. The first-order chi connectivity index (χ1) is 13.8. The van der Waals surface area contributed by atoms with E-state index in [-0.39, 0.29) is 28.3 Å². The molecule has 2 atom stereocenters. The second-order valence-corrected chi connectivity index (χ2v) is 6.53. The number of benzene rings is 2. The Kier molecular flexibility index (Phi) is 4.07. The number of nitro groups is 2. The number of rotatable bonds is 4. The molecular formula is C18H12N4O7. The van der Waals surface area contributed by atoms with Gasteiger partial charge in [-0.05, 0) is 12.5 Å². The van der Waals surface area contributed by atoms with Crippen LogP contribution in [0.1, 0.15) is 11.1 Å². The summed E-state index contributed by atoms with van der Waals surface area (Å²) >= 11 is 0. The van der Waals surface area contributed by atoms with E-state index < -0.39 is 33.7 Å². The fraction of sp³-hybridized carbons (Fsp3) is 0.167. The predicted octanol–water partition coefficient (Wildman–Crippen LogP) is 2.10. The molecule has 0 aromatic heterocycles. The van der Waals surface area contributed by atoms with Crippen LogP contribution in [0, 0.1) is 33.1 Å². The van der Waals surface area contributed by atoms with E-state index in [1.165, 1.54) is 36.4 Å². The Morgan fingerprint density at radius 3 is 2.38 bits per heavy atom. The van der Waals surface area contributed by atoms with Gasteiger partial charge in [-0.15, -0.1) is 0 Å². The number of nitrogens with zero attached hydrogens (tertiary/aromatic N) is 4. The van der Waals surface area contributed by atoms with E-state index >= 15 is 0 Å². The standard InChI is InChI=1S/C18H12N4O7/c1-9-5-6-12(22(27)28)8-13(9)20-17(23)14-15(19-29-16(14)18(20)24)10-3-2-4-11(7-10)21(25)26/h2-8,14,16H,1H3/t14-,16+/m1/s1. The van der Waals surface area contributed by atoms with Gasteiger partial charge in [0.15, 0.2) is 0 Å². The molecule has 2 aromatic carbocycles. The van der Waals surface area contributed by atoms with Gasteiger partial charge in [-0.2, -0.15) is 0 Å². The van der Waals surface area contributed by atoms with E-state index in [1.54, 1.807) is 6.92 Å². The molecule has 0 saturated carbocycles. The minimum atomic E-state index is -1.23. The molecule has 2 heterocycles. The molecule has 4 rings (SSSR count). The summed E-state index contributed by atoms with van der Waals surface area (Å²) in [6, 6.07) is 9.36. The first-order valence-electron chi connectivity index (χ1n) is 8.41. The lowest BCUT2D eigenvalue weighted by Crippen LogP contribution is -2.33.